The van der Waals surface area contributed by atoms with Crippen LogP contribution in [0.1, 0.15) is 0 Å². The van der Waals surface area contributed by atoms with Gasteiger partial charge >= 0.3 is 0 Å². The summed E-state index contributed by atoms with van der Waals surface area (Å²) in [6.45, 7) is 0. The van der Waals surface area contributed by atoms with E-state index >= 15 is 0 Å². The molecule has 0 aliphatic heterocycles. The Labute approximate surface area is 89.8 Å². The number of nitrogens with one attached hydrogen (secondary N) is 1. The van der Waals surface area contributed by atoms with Crippen molar-refractivity contribution >= 4 is 15.1 Å². The lowest BCUT2D eigenvalue weighted by Crippen LogP contribution is -1.89. The Balaban J connectivity index is 2.53. The number of hydrogen-bond donors (Lipinski definition) is 1. The van der Waals surface area contributed by atoms with Crippen molar-refractivity contribution in [1.82, 2.24) is 4.98 Å². The highest BCUT2D eigenvalue weighted by Gasteiger charge is 2.05. The average molecular weight is 220 g/mol. The maximum atomic E-state index is 13.0. The van der Waals surface area contributed by atoms with E-state index in [0.717, 1.165) is 11.3 Å². The Morgan fingerprint density at radius 3 is 2.73 bits per heavy atom. The second kappa shape index (κ2) is 4.37. The molecule has 2 nitrogen and oxygen atoms in total. The highest BCUT2D eigenvalue weighted by Crippen LogP contribution is 2.27. The maximum absolute atomic E-state index is 13.0. The van der Waals surface area contributed by atoms with Gasteiger partial charge in [-0.15, -0.1) is 0 Å². The van der Waals surface area contributed by atoms with Crippen molar-refractivity contribution < 1.29 is 4.39 Å². The minimum atomic E-state index is -0.264. The van der Waals surface area contributed by atoms with Crippen LogP contribution in [0.4, 0.5) is 10.1 Å². The number of anilines is 1. The molecule has 0 radical (unpaired) electrons. The lowest BCUT2D eigenvalue weighted by molar-refractivity contribution is 0.628. The number of halogens is 1. The third-order valence-corrected chi connectivity index (χ3v) is 2.39. The molecular formula is C11H10FN2P. The van der Waals surface area contributed by atoms with Crippen LogP contribution in [-0.4, -0.2) is 4.98 Å². The van der Waals surface area contributed by atoms with Crippen LogP contribution in [-0.2, 0) is 0 Å². The lowest BCUT2D eigenvalue weighted by atomic mass is 10.1. The first-order valence-electron chi connectivity index (χ1n) is 4.49. The number of nitrogens with zero attached hydrogens (tertiary/aromatic N) is 1. The van der Waals surface area contributed by atoms with Crippen LogP contribution in [0.3, 0.4) is 0 Å². The average Bonchev–Trinajstić information content (AvgIpc) is 2.30. The zero-order valence-electron chi connectivity index (χ0n) is 7.94. The van der Waals surface area contributed by atoms with Crippen LogP contribution >= 0.6 is 9.39 Å². The van der Waals surface area contributed by atoms with E-state index in [1.54, 1.807) is 12.3 Å². The Hall–Kier alpha value is -1.47. The predicted molar refractivity (Wildman–Crippen MR) is 63.0 cm³/mol. The van der Waals surface area contributed by atoms with Crippen molar-refractivity contribution in [3.63, 3.8) is 0 Å². The molecule has 2 aromatic rings. The first-order chi connectivity index (χ1) is 7.31. The monoisotopic (exact) mass is 220 g/mol. The van der Waals surface area contributed by atoms with Crippen molar-refractivity contribution in [3.8, 4) is 11.3 Å². The zero-order chi connectivity index (χ0) is 10.7. The third kappa shape index (κ3) is 2.13. The molecule has 4 heteroatoms. The SMILES string of the molecule is Fc1ccc(-c2ccccn2)c(NP)c1. The standard InChI is InChI=1S/C11H10FN2P/c12-8-4-5-9(11(7-8)14-15)10-3-1-2-6-13-10/h1-7,14H,15H2. The summed E-state index contributed by atoms with van der Waals surface area (Å²) in [6, 6.07) is 10.2. The Morgan fingerprint density at radius 1 is 1.20 bits per heavy atom. The highest BCUT2D eigenvalue weighted by molar-refractivity contribution is 7.18. The number of hydrogen-bond acceptors (Lipinski definition) is 2. The Bertz CT molecular complexity index is 459. The normalized spacial score (nSPS) is 10.0. The molecule has 0 saturated heterocycles. The Kier molecular flexibility index (Phi) is 2.93. The van der Waals surface area contributed by atoms with E-state index in [1.807, 2.05) is 18.2 Å². The summed E-state index contributed by atoms with van der Waals surface area (Å²) in [4.78, 5) is 4.22. The lowest BCUT2D eigenvalue weighted by Gasteiger charge is -2.07. The van der Waals surface area contributed by atoms with Crippen LogP contribution < -0.4 is 5.09 Å². The van der Waals surface area contributed by atoms with Gasteiger partial charge in [-0.1, -0.05) is 6.07 Å². The van der Waals surface area contributed by atoms with Gasteiger partial charge in [0.05, 0.1) is 5.69 Å². The van der Waals surface area contributed by atoms with Crippen LogP contribution in [0.15, 0.2) is 42.6 Å². The predicted octanol–water partition coefficient (Wildman–Crippen LogP) is 3.09. The largest absolute Gasteiger partial charge is 0.369 e. The summed E-state index contributed by atoms with van der Waals surface area (Å²) in [5, 5.41) is 2.87. The fourth-order valence-electron chi connectivity index (χ4n) is 1.38. The molecule has 0 bridgehead atoms. The second-order valence-corrected chi connectivity index (χ2v) is 3.34. The van der Waals surface area contributed by atoms with Gasteiger partial charge in [0.2, 0.25) is 0 Å². The van der Waals surface area contributed by atoms with Gasteiger partial charge in [-0.2, -0.15) is 0 Å². The summed E-state index contributed by atoms with van der Waals surface area (Å²) < 4.78 is 13.0. The minimum Gasteiger partial charge on any atom is -0.369 e. The highest BCUT2D eigenvalue weighted by atomic mass is 31.0. The number of rotatable bonds is 2. The molecule has 0 saturated carbocycles. The first-order valence-corrected chi connectivity index (χ1v) is 5.06. The van der Waals surface area contributed by atoms with Gasteiger partial charge in [0.25, 0.3) is 0 Å². The van der Waals surface area contributed by atoms with Crippen molar-refractivity contribution in [2.24, 2.45) is 0 Å². The van der Waals surface area contributed by atoms with Crippen LogP contribution in [0.2, 0.25) is 0 Å². The smallest absolute Gasteiger partial charge is 0.125 e. The molecule has 1 heterocycles. The molecule has 15 heavy (non-hydrogen) atoms. The van der Waals surface area contributed by atoms with E-state index < -0.39 is 0 Å². The van der Waals surface area contributed by atoms with Crippen LogP contribution in [0.25, 0.3) is 11.3 Å². The topological polar surface area (TPSA) is 24.9 Å². The molecule has 0 spiro atoms. The van der Waals surface area contributed by atoms with E-state index in [0.29, 0.717) is 5.69 Å². The van der Waals surface area contributed by atoms with E-state index in [2.05, 4.69) is 19.5 Å². The molecule has 1 unspecified atom stereocenters. The van der Waals surface area contributed by atoms with Crippen molar-refractivity contribution in [2.45, 2.75) is 0 Å². The van der Waals surface area contributed by atoms with Gasteiger partial charge in [0.1, 0.15) is 5.82 Å². The molecule has 0 aliphatic rings. The summed E-state index contributed by atoms with van der Waals surface area (Å²) in [5.41, 5.74) is 2.41. The van der Waals surface area contributed by atoms with Gasteiger partial charge in [-0.3, -0.25) is 4.98 Å². The van der Waals surface area contributed by atoms with Crippen LogP contribution in [0.5, 0.6) is 0 Å². The van der Waals surface area contributed by atoms with Crippen molar-refractivity contribution in [3.05, 3.63) is 48.4 Å². The quantitative estimate of drug-likeness (QED) is 0.786. The molecule has 1 aromatic heterocycles. The third-order valence-electron chi connectivity index (χ3n) is 2.08. The molecule has 1 aromatic carbocycles. The van der Waals surface area contributed by atoms with Gasteiger partial charge in [0, 0.05) is 17.4 Å². The number of aromatic nitrogens is 1. The molecule has 2 rings (SSSR count). The second-order valence-electron chi connectivity index (χ2n) is 3.05. The summed E-state index contributed by atoms with van der Waals surface area (Å²) >= 11 is 0. The fourth-order valence-corrected chi connectivity index (χ4v) is 1.62. The molecule has 1 N–H and O–H groups in total. The van der Waals surface area contributed by atoms with Gasteiger partial charge in [-0.05, 0) is 39.7 Å². The summed E-state index contributed by atoms with van der Waals surface area (Å²) in [7, 11) is 2.36. The molecule has 1 atom stereocenters. The van der Waals surface area contributed by atoms with Gasteiger partial charge in [-0.25, -0.2) is 4.39 Å². The van der Waals surface area contributed by atoms with E-state index in [9.17, 15) is 4.39 Å². The van der Waals surface area contributed by atoms with Gasteiger partial charge < -0.3 is 5.09 Å². The van der Waals surface area contributed by atoms with E-state index in [1.165, 1.54) is 12.1 Å². The molecule has 0 amide bonds. The van der Waals surface area contributed by atoms with Gasteiger partial charge in [0.15, 0.2) is 0 Å². The first kappa shape index (κ1) is 10.1. The maximum Gasteiger partial charge on any atom is 0.125 e. The van der Waals surface area contributed by atoms with Crippen molar-refractivity contribution in [1.29, 1.82) is 0 Å². The van der Waals surface area contributed by atoms with Crippen molar-refractivity contribution in [2.75, 3.05) is 5.09 Å². The summed E-state index contributed by atoms with van der Waals surface area (Å²) in [6.07, 6.45) is 1.71. The van der Waals surface area contributed by atoms with Crippen LogP contribution in [0, 0.1) is 5.82 Å². The van der Waals surface area contributed by atoms with E-state index in [-0.39, 0.29) is 5.82 Å². The Morgan fingerprint density at radius 2 is 2.07 bits per heavy atom. The fraction of sp³-hybridized carbons (Fsp3) is 0. The molecule has 0 fully saturated rings. The number of benzene rings is 1. The molecule has 76 valence electrons. The van der Waals surface area contributed by atoms with E-state index in [4.69, 9.17) is 0 Å². The number of pyridine rings is 1. The summed E-state index contributed by atoms with van der Waals surface area (Å²) in [5.74, 6) is -0.264. The zero-order valence-corrected chi connectivity index (χ0v) is 9.10. The molecule has 0 aliphatic carbocycles. The molecular weight excluding hydrogens is 210 g/mol. The minimum absolute atomic E-state index is 0.264.